The van der Waals surface area contributed by atoms with Crippen molar-refractivity contribution in [3.05, 3.63) is 29.8 Å². The van der Waals surface area contributed by atoms with E-state index < -0.39 is 5.60 Å². The largest absolute Gasteiger partial charge is 0.494 e. The predicted molar refractivity (Wildman–Crippen MR) is 102 cm³/mol. The number of unbranched alkanes of at least 4 members (excludes halogenated alkanes) is 2. The molecule has 1 heterocycles. The smallest absolute Gasteiger partial charge is 0.119 e. The lowest BCUT2D eigenvalue weighted by molar-refractivity contribution is -0.0103. The summed E-state index contributed by atoms with van der Waals surface area (Å²) in [4.78, 5) is 2.38. The van der Waals surface area contributed by atoms with Crippen LogP contribution in [-0.2, 0) is 10.3 Å². The number of morpholine rings is 1. The summed E-state index contributed by atoms with van der Waals surface area (Å²) in [6, 6.07) is 8.06. The molecule has 1 aromatic carbocycles. The first kappa shape index (κ1) is 20.2. The maximum atomic E-state index is 11.3. The summed E-state index contributed by atoms with van der Waals surface area (Å²) in [7, 11) is 0. The monoisotopic (exact) mass is 349 g/mol. The molecular weight excluding hydrogens is 314 g/mol. The van der Waals surface area contributed by atoms with E-state index in [9.17, 15) is 5.11 Å². The second-order valence-electron chi connectivity index (χ2n) is 7.07. The van der Waals surface area contributed by atoms with Crippen molar-refractivity contribution in [3.63, 3.8) is 0 Å². The summed E-state index contributed by atoms with van der Waals surface area (Å²) < 4.78 is 11.2. The van der Waals surface area contributed by atoms with Crippen molar-refractivity contribution in [1.82, 2.24) is 4.90 Å². The van der Waals surface area contributed by atoms with Gasteiger partial charge in [0.15, 0.2) is 0 Å². The first-order valence-electron chi connectivity index (χ1n) is 9.94. The Kier molecular flexibility index (Phi) is 8.73. The Morgan fingerprint density at radius 3 is 2.40 bits per heavy atom. The van der Waals surface area contributed by atoms with E-state index in [-0.39, 0.29) is 0 Å². The first-order chi connectivity index (χ1) is 12.2. The fraction of sp³-hybridized carbons (Fsp3) is 0.714. The molecule has 1 fully saturated rings. The Morgan fingerprint density at radius 2 is 1.76 bits per heavy atom. The molecule has 0 spiro atoms. The lowest BCUT2D eigenvalue weighted by Gasteiger charge is -2.33. The van der Waals surface area contributed by atoms with Gasteiger partial charge in [-0.2, -0.15) is 0 Å². The minimum atomic E-state index is -0.756. The number of hydrogen-bond donors (Lipinski definition) is 1. The van der Waals surface area contributed by atoms with Crippen LogP contribution in [-0.4, -0.2) is 49.5 Å². The summed E-state index contributed by atoms with van der Waals surface area (Å²) in [5, 5.41) is 11.3. The van der Waals surface area contributed by atoms with Gasteiger partial charge in [-0.1, -0.05) is 45.2 Å². The zero-order valence-electron chi connectivity index (χ0n) is 16.0. The summed E-state index contributed by atoms with van der Waals surface area (Å²) in [5.41, 5.74) is 0.247. The number of benzene rings is 1. The third-order valence-corrected chi connectivity index (χ3v) is 5.02. The van der Waals surface area contributed by atoms with E-state index in [2.05, 4.69) is 18.7 Å². The topological polar surface area (TPSA) is 41.9 Å². The maximum absolute atomic E-state index is 11.3. The zero-order valence-corrected chi connectivity index (χ0v) is 16.0. The normalized spacial score (nSPS) is 18.0. The molecule has 4 nitrogen and oxygen atoms in total. The van der Waals surface area contributed by atoms with Gasteiger partial charge in [0.2, 0.25) is 0 Å². The van der Waals surface area contributed by atoms with E-state index >= 15 is 0 Å². The van der Waals surface area contributed by atoms with Crippen LogP contribution in [0.5, 0.6) is 5.75 Å². The van der Waals surface area contributed by atoms with E-state index in [0.29, 0.717) is 0 Å². The Balaban J connectivity index is 1.92. The second-order valence-corrected chi connectivity index (χ2v) is 7.07. The molecule has 142 valence electrons. The average molecular weight is 350 g/mol. The SMILES string of the molecule is CCCCCOc1ccc([C@](O)(CCC)CCN2CCOCC2)cc1. The van der Waals surface area contributed by atoms with Crippen molar-refractivity contribution >= 4 is 0 Å². The van der Waals surface area contributed by atoms with Gasteiger partial charge in [-0.3, -0.25) is 4.90 Å². The molecule has 1 saturated heterocycles. The lowest BCUT2D eigenvalue weighted by Crippen LogP contribution is -2.40. The zero-order chi connectivity index (χ0) is 18.0. The third kappa shape index (κ3) is 6.61. The predicted octanol–water partition coefficient (Wildman–Crippen LogP) is 3.97. The highest BCUT2D eigenvalue weighted by atomic mass is 16.5. The van der Waals surface area contributed by atoms with Crippen LogP contribution in [0.4, 0.5) is 0 Å². The fourth-order valence-electron chi connectivity index (χ4n) is 3.40. The van der Waals surface area contributed by atoms with Gasteiger partial charge in [0.25, 0.3) is 0 Å². The van der Waals surface area contributed by atoms with Crippen molar-refractivity contribution in [2.45, 2.75) is 58.0 Å². The van der Waals surface area contributed by atoms with Crippen molar-refractivity contribution < 1.29 is 14.6 Å². The van der Waals surface area contributed by atoms with Crippen LogP contribution >= 0.6 is 0 Å². The quantitative estimate of drug-likeness (QED) is 0.614. The highest BCUT2D eigenvalue weighted by Crippen LogP contribution is 2.32. The van der Waals surface area contributed by atoms with Gasteiger partial charge in [-0.05, 0) is 37.0 Å². The lowest BCUT2D eigenvalue weighted by atomic mass is 9.86. The Labute approximate surface area is 153 Å². The van der Waals surface area contributed by atoms with E-state index in [1.54, 1.807) is 0 Å². The van der Waals surface area contributed by atoms with Gasteiger partial charge in [-0.15, -0.1) is 0 Å². The molecule has 0 bridgehead atoms. The van der Waals surface area contributed by atoms with Gasteiger partial charge in [-0.25, -0.2) is 0 Å². The Bertz CT molecular complexity index is 471. The molecule has 0 amide bonds. The van der Waals surface area contributed by atoms with Gasteiger partial charge in [0.05, 0.1) is 25.4 Å². The molecule has 0 saturated carbocycles. The first-order valence-corrected chi connectivity index (χ1v) is 9.94. The minimum absolute atomic E-state index is 0.756. The van der Waals surface area contributed by atoms with E-state index in [0.717, 1.165) is 76.5 Å². The van der Waals surface area contributed by atoms with Crippen molar-refractivity contribution in [2.75, 3.05) is 39.5 Å². The molecule has 25 heavy (non-hydrogen) atoms. The van der Waals surface area contributed by atoms with Gasteiger partial charge in [0, 0.05) is 19.6 Å². The molecule has 0 unspecified atom stereocenters. The number of nitrogens with zero attached hydrogens (tertiary/aromatic N) is 1. The standard InChI is InChI=1S/C21H35NO3/c1-3-5-6-16-25-20-9-7-19(8-10-20)21(23,11-4-2)12-13-22-14-17-24-18-15-22/h7-10,23H,3-6,11-18H2,1-2H3/t21-/m0/s1. The van der Waals surface area contributed by atoms with Crippen LogP contribution in [0.25, 0.3) is 0 Å². The number of aliphatic hydroxyl groups is 1. The third-order valence-electron chi connectivity index (χ3n) is 5.02. The van der Waals surface area contributed by atoms with Crippen LogP contribution in [0.15, 0.2) is 24.3 Å². The van der Waals surface area contributed by atoms with Crippen LogP contribution < -0.4 is 4.74 Å². The molecule has 1 aliphatic heterocycles. The van der Waals surface area contributed by atoms with Gasteiger partial charge < -0.3 is 14.6 Å². The fourth-order valence-corrected chi connectivity index (χ4v) is 3.40. The Hall–Kier alpha value is -1.10. The summed E-state index contributed by atoms with van der Waals surface area (Å²) in [6.45, 7) is 9.54. The molecule has 1 aliphatic rings. The van der Waals surface area contributed by atoms with Crippen LogP contribution in [0.1, 0.15) is 57.9 Å². The number of hydrogen-bond acceptors (Lipinski definition) is 4. The number of ether oxygens (including phenoxy) is 2. The van der Waals surface area contributed by atoms with Crippen molar-refractivity contribution in [2.24, 2.45) is 0 Å². The van der Waals surface area contributed by atoms with Gasteiger partial charge >= 0.3 is 0 Å². The molecule has 1 N–H and O–H groups in total. The molecule has 1 aromatic rings. The Morgan fingerprint density at radius 1 is 1.04 bits per heavy atom. The van der Waals surface area contributed by atoms with E-state index in [1.807, 2.05) is 24.3 Å². The van der Waals surface area contributed by atoms with E-state index in [4.69, 9.17) is 9.47 Å². The van der Waals surface area contributed by atoms with Gasteiger partial charge in [0.1, 0.15) is 5.75 Å². The molecule has 0 radical (unpaired) electrons. The molecule has 0 aliphatic carbocycles. The molecule has 4 heteroatoms. The maximum Gasteiger partial charge on any atom is 0.119 e. The summed E-state index contributed by atoms with van der Waals surface area (Å²) >= 11 is 0. The highest BCUT2D eigenvalue weighted by molar-refractivity contribution is 5.31. The van der Waals surface area contributed by atoms with Crippen molar-refractivity contribution in [1.29, 1.82) is 0 Å². The summed E-state index contributed by atoms with van der Waals surface area (Å²) in [5.74, 6) is 0.895. The van der Waals surface area contributed by atoms with E-state index in [1.165, 1.54) is 12.8 Å². The second kappa shape index (κ2) is 10.8. The molecule has 0 aromatic heterocycles. The average Bonchev–Trinajstić information content (AvgIpc) is 2.65. The molecule has 1 atom stereocenters. The summed E-state index contributed by atoms with van der Waals surface area (Å²) in [6.07, 6.45) is 6.02. The van der Waals surface area contributed by atoms with Crippen LogP contribution in [0.2, 0.25) is 0 Å². The number of rotatable bonds is 11. The van der Waals surface area contributed by atoms with Crippen molar-refractivity contribution in [3.8, 4) is 5.75 Å². The molecule has 2 rings (SSSR count). The van der Waals surface area contributed by atoms with Crippen LogP contribution in [0.3, 0.4) is 0 Å². The molecular formula is C21H35NO3. The highest BCUT2D eigenvalue weighted by Gasteiger charge is 2.29. The minimum Gasteiger partial charge on any atom is -0.494 e. The van der Waals surface area contributed by atoms with Crippen LogP contribution in [0, 0.1) is 0 Å².